The minimum Gasteiger partial charge on any atom is -0.491 e. The summed E-state index contributed by atoms with van der Waals surface area (Å²) in [5, 5.41) is 14.4. The van der Waals surface area contributed by atoms with Gasteiger partial charge in [0.25, 0.3) is 0 Å². The number of aryl methyl sites for hydroxylation is 1. The maximum absolute atomic E-state index is 14.0. The van der Waals surface area contributed by atoms with Crippen LogP contribution >= 0.6 is 0 Å². The van der Waals surface area contributed by atoms with Crippen molar-refractivity contribution in [1.29, 1.82) is 0 Å². The van der Waals surface area contributed by atoms with Gasteiger partial charge in [-0.15, -0.1) is 0 Å². The second kappa shape index (κ2) is 11.4. The van der Waals surface area contributed by atoms with Crippen molar-refractivity contribution in [2.75, 3.05) is 17.2 Å². The van der Waals surface area contributed by atoms with E-state index in [4.69, 9.17) is 4.74 Å². The number of carboxylic acid groups (broad SMARTS) is 1. The van der Waals surface area contributed by atoms with Gasteiger partial charge < -0.3 is 20.5 Å². The fourth-order valence-corrected chi connectivity index (χ4v) is 3.87. The molecule has 2 aromatic carbocycles. The molecule has 1 unspecified atom stereocenters. The molecule has 3 N–H and O–H groups in total. The summed E-state index contributed by atoms with van der Waals surface area (Å²) in [7, 11) is 0. The van der Waals surface area contributed by atoms with Gasteiger partial charge in [0.15, 0.2) is 0 Å². The molecule has 0 aromatic heterocycles. The lowest BCUT2D eigenvalue weighted by atomic mass is 9.99. The Labute approximate surface area is 200 Å². The molecule has 0 bridgehead atoms. The molecule has 10 heteroatoms. The van der Waals surface area contributed by atoms with E-state index in [1.165, 1.54) is 18.2 Å². The Bertz CT molecular complexity index is 1060. The van der Waals surface area contributed by atoms with E-state index >= 15 is 0 Å². The van der Waals surface area contributed by atoms with Crippen LogP contribution in [0, 0.1) is 11.7 Å². The van der Waals surface area contributed by atoms with Crippen molar-refractivity contribution in [2.24, 2.45) is 5.92 Å². The molecule has 1 aliphatic carbocycles. The lowest BCUT2D eigenvalue weighted by Gasteiger charge is -2.19. The maximum atomic E-state index is 14.0. The summed E-state index contributed by atoms with van der Waals surface area (Å²) in [4.78, 5) is 24.0. The first kappa shape index (κ1) is 26.3. The Morgan fingerprint density at radius 1 is 1.11 bits per heavy atom. The van der Waals surface area contributed by atoms with Crippen LogP contribution in [0.3, 0.4) is 0 Å². The highest BCUT2D eigenvalue weighted by atomic mass is 19.4. The number of halogens is 4. The monoisotopic (exact) mass is 496 g/mol. The van der Waals surface area contributed by atoms with E-state index in [-0.39, 0.29) is 36.1 Å². The van der Waals surface area contributed by atoms with E-state index in [2.05, 4.69) is 10.6 Å². The van der Waals surface area contributed by atoms with Gasteiger partial charge in [0.2, 0.25) is 0 Å². The number of unbranched alkanes of at least 4 members (excludes halogenated alkanes) is 1. The van der Waals surface area contributed by atoms with Gasteiger partial charge in [0.1, 0.15) is 11.6 Å². The van der Waals surface area contributed by atoms with Gasteiger partial charge in [-0.3, -0.25) is 4.79 Å². The van der Waals surface area contributed by atoms with Crippen LogP contribution in [0.2, 0.25) is 0 Å². The number of benzene rings is 2. The quantitative estimate of drug-likeness (QED) is 0.238. The molecule has 6 nitrogen and oxygen atoms in total. The zero-order valence-electron chi connectivity index (χ0n) is 19.3. The number of para-hydroxylation sites is 1. The van der Waals surface area contributed by atoms with Crippen molar-refractivity contribution in [2.45, 2.75) is 57.5 Å². The molecule has 35 heavy (non-hydrogen) atoms. The molecule has 2 aromatic rings. The number of ether oxygens (including phenoxy) is 1. The van der Waals surface area contributed by atoms with Crippen LogP contribution in [-0.4, -0.2) is 29.9 Å². The van der Waals surface area contributed by atoms with E-state index in [0.717, 1.165) is 12.8 Å². The number of carbonyl (C=O) groups is 2. The van der Waals surface area contributed by atoms with E-state index in [9.17, 15) is 32.3 Å². The highest BCUT2D eigenvalue weighted by Gasteiger charge is 2.44. The summed E-state index contributed by atoms with van der Waals surface area (Å²) >= 11 is 0. The third-order valence-electron chi connectivity index (χ3n) is 5.74. The maximum Gasteiger partial charge on any atom is 0.389 e. The van der Waals surface area contributed by atoms with Gasteiger partial charge in [-0.1, -0.05) is 31.5 Å². The summed E-state index contributed by atoms with van der Waals surface area (Å²) in [6.45, 7) is 1.76. The summed E-state index contributed by atoms with van der Waals surface area (Å²) in [6, 6.07) is 8.23. The average molecular weight is 497 g/mol. The fraction of sp³-hybridized carbons (Fsp3) is 0.440. The first-order chi connectivity index (χ1) is 16.6. The lowest BCUT2D eigenvalue weighted by molar-refractivity contribution is -0.138. The van der Waals surface area contributed by atoms with Crippen LogP contribution in [0.1, 0.15) is 56.1 Å². The number of hydrogen-bond donors (Lipinski definition) is 3. The topological polar surface area (TPSA) is 87.7 Å². The zero-order chi connectivity index (χ0) is 25.6. The molecule has 0 spiro atoms. The van der Waals surface area contributed by atoms with E-state index in [1.807, 2.05) is 13.0 Å². The van der Waals surface area contributed by atoms with Crippen LogP contribution < -0.4 is 15.4 Å². The molecule has 0 radical (unpaired) electrons. The molecule has 1 saturated carbocycles. The number of carbonyl (C=O) groups excluding carboxylic acids is 1. The van der Waals surface area contributed by atoms with Gasteiger partial charge in [0, 0.05) is 6.42 Å². The minimum atomic E-state index is -4.31. The molecular formula is C25H28F4N2O4. The minimum absolute atomic E-state index is 0.0480. The second-order valence-electron chi connectivity index (χ2n) is 8.57. The Balaban J connectivity index is 1.88. The summed E-state index contributed by atoms with van der Waals surface area (Å²) in [6.07, 6.45) is -2.98. The Kier molecular flexibility index (Phi) is 8.58. The number of alkyl halides is 3. The highest BCUT2D eigenvalue weighted by molar-refractivity contribution is 6.01. The van der Waals surface area contributed by atoms with Crippen LogP contribution in [0.4, 0.5) is 33.7 Å². The molecule has 3 rings (SSSR count). The molecule has 0 saturated heterocycles. The number of aliphatic carboxylic acids is 1. The van der Waals surface area contributed by atoms with Crippen LogP contribution in [-0.2, 0) is 11.2 Å². The van der Waals surface area contributed by atoms with Gasteiger partial charge >= 0.3 is 18.2 Å². The van der Waals surface area contributed by atoms with E-state index in [1.54, 1.807) is 12.1 Å². The predicted molar refractivity (Wildman–Crippen MR) is 123 cm³/mol. The molecule has 1 aliphatic rings. The number of urea groups is 1. The number of rotatable bonds is 11. The smallest absolute Gasteiger partial charge is 0.389 e. The highest BCUT2D eigenvalue weighted by Crippen LogP contribution is 2.49. The third kappa shape index (κ3) is 7.60. The molecule has 2 amide bonds. The van der Waals surface area contributed by atoms with Gasteiger partial charge in [-0.2, -0.15) is 13.2 Å². The largest absolute Gasteiger partial charge is 0.491 e. The van der Waals surface area contributed by atoms with Crippen LogP contribution in [0.25, 0.3) is 0 Å². The SMILES string of the molecule is CCCCc1cc([C@H]2CC2C(=O)O)cc(NC(=O)Nc2ccccc2F)c1OCCCC(F)(F)F. The zero-order valence-corrected chi connectivity index (χ0v) is 19.3. The van der Waals surface area contributed by atoms with E-state index < -0.39 is 36.3 Å². The molecule has 0 aliphatic heterocycles. The van der Waals surface area contributed by atoms with Gasteiger partial charge in [-0.25, -0.2) is 9.18 Å². The summed E-state index contributed by atoms with van der Waals surface area (Å²) in [5.41, 5.74) is 1.53. The van der Waals surface area contributed by atoms with Gasteiger partial charge in [-0.05, 0) is 60.9 Å². The normalized spacial score (nSPS) is 17.1. The Morgan fingerprint density at radius 3 is 2.46 bits per heavy atom. The van der Waals surface area contributed by atoms with Crippen LogP contribution in [0.5, 0.6) is 5.75 Å². The second-order valence-corrected chi connectivity index (χ2v) is 8.57. The van der Waals surface area contributed by atoms with Crippen molar-refractivity contribution < 1.29 is 37.0 Å². The molecule has 1 fully saturated rings. The van der Waals surface area contributed by atoms with Crippen molar-refractivity contribution >= 4 is 23.4 Å². The summed E-state index contributed by atoms with van der Waals surface area (Å²) in [5.74, 6) is -2.08. The van der Waals surface area contributed by atoms with Crippen molar-refractivity contribution in [3.8, 4) is 5.75 Å². The fourth-order valence-electron chi connectivity index (χ4n) is 3.87. The number of nitrogens with one attached hydrogen (secondary N) is 2. The number of hydrogen-bond acceptors (Lipinski definition) is 3. The average Bonchev–Trinajstić information content (AvgIpc) is 3.58. The third-order valence-corrected chi connectivity index (χ3v) is 5.74. The Hall–Kier alpha value is -3.30. The number of amides is 2. The first-order valence-electron chi connectivity index (χ1n) is 11.5. The molecule has 0 heterocycles. The van der Waals surface area contributed by atoms with E-state index in [0.29, 0.717) is 24.0 Å². The first-order valence-corrected chi connectivity index (χ1v) is 11.5. The van der Waals surface area contributed by atoms with Crippen molar-refractivity contribution in [1.82, 2.24) is 0 Å². The lowest BCUT2D eigenvalue weighted by Crippen LogP contribution is -2.21. The summed E-state index contributed by atoms with van der Waals surface area (Å²) < 4.78 is 57.4. The molecule has 190 valence electrons. The predicted octanol–water partition coefficient (Wildman–Crippen LogP) is 6.72. The molecule has 2 atom stereocenters. The standard InChI is InChI=1S/C25H28F4N2O4/c1-2-3-7-15-12-16(17-14-18(17)23(32)33)13-21(22(15)35-11-6-10-25(27,28)29)31-24(34)30-20-9-5-4-8-19(20)26/h4-5,8-9,12-13,17-18H,2-3,6-7,10-11,14H2,1H3,(H,32,33)(H2,30,31,34)/t17-,18?/m1/s1. The van der Waals surface area contributed by atoms with Crippen molar-refractivity contribution in [3.63, 3.8) is 0 Å². The van der Waals surface area contributed by atoms with Gasteiger partial charge in [0.05, 0.1) is 23.9 Å². The van der Waals surface area contributed by atoms with Crippen molar-refractivity contribution in [3.05, 3.63) is 53.3 Å². The Morgan fingerprint density at radius 2 is 1.83 bits per heavy atom. The van der Waals surface area contributed by atoms with Crippen LogP contribution in [0.15, 0.2) is 36.4 Å². The molecular weight excluding hydrogens is 468 g/mol. The number of anilines is 2. The number of carboxylic acids is 1.